The average Bonchev–Trinajstić information content (AvgIpc) is 2.26. The van der Waals surface area contributed by atoms with E-state index in [4.69, 9.17) is 17.4 Å². The van der Waals surface area contributed by atoms with E-state index in [9.17, 15) is 10.1 Å². The number of aromatic nitrogens is 1. The summed E-state index contributed by atoms with van der Waals surface area (Å²) in [5.41, 5.74) is 3.00. The maximum Gasteiger partial charge on any atom is 0.275 e. The van der Waals surface area contributed by atoms with Gasteiger partial charge in [0.05, 0.1) is 4.92 Å². The van der Waals surface area contributed by atoms with Crippen molar-refractivity contribution in [1.82, 2.24) is 15.7 Å². The first-order valence-electron chi connectivity index (χ1n) is 4.28. The van der Waals surface area contributed by atoms with Crippen molar-refractivity contribution in [3.05, 3.63) is 51.2 Å². The number of nitro groups is 1. The van der Waals surface area contributed by atoms with Crippen molar-refractivity contribution in [3.63, 3.8) is 0 Å². The first-order chi connectivity index (χ1) is 7.61. The van der Waals surface area contributed by atoms with Crippen molar-refractivity contribution < 1.29 is 4.92 Å². The van der Waals surface area contributed by atoms with E-state index in [1.807, 2.05) is 0 Å². The molecule has 0 radical (unpaired) electrons. The molecule has 0 atom stereocenters. The van der Waals surface area contributed by atoms with Crippen molar-refractivity contribution in [1.29, 1.82) is 0 Å². The minimum absolute atomic E-state index is 0.111. The van der Waals surface area contributed by atoms with Crippen molar-refractivity contribution in [3.8, 4) is 0 Å². The fourth-order valence-corrected chi connectivity index (χ4v) is 1.06. The molecule has 4 N–H and O–H groups in total. The molecule has 0 bridgehead atoms. The quantitative estimate of drug-likeness (QED) is 0.298. The summed E-state index contributed by atoms with van der Waals surface area (Å²) in [7, 11) is 0. The molecule has 1 aromatic heterocycles. The molecule has 0 aliphatic carbocycles. The molecule has 1 heterocycles. The van der Waals surface area contributed by atoms with Gasteiger partial charge < -0.3 is 10.7 Å². The standard InChI is InChI=1S/C8H10ClN5O2/c9-7-2-1-6(3-11-7)4-12-8(13-10)5-14(15)16/h1-3,5,12-13H,4,10H2. The van der Waals surface area contributed by atoms with Crippen LogP contribution in [0.5, 0.6) is 0 Å². The second-order valence-corrected chi connectivity index (χ2v) is 3.20. The zero-order valence-corrected chi connectivity index (χ0v) is 8.94. The second kappa shape index (κ2) is 5.89. The highest BCUT2D eigenvalue weighted by Crippen LogP contribution is 2.04. The Bertz CT molecular complexity index is 392. The predicted octanol–water partition coefficient (Wildman–Crippen LogP) is 0.363. The summed E-state index contributed by atoms with van der Waals surface area (Å²) in [6, 6.07) is 3.38. The van der Waals surface area contributed by atoms with Gasteiger partial charge in [-0.1, -0.05) is 17.7 Å². The topological polar surface area (TPSA) is 106 Å². The van der Waals surface area contributed by atoms with Gasteiger partial charge in [0.25, 0.3) is 6.20 Å². The zero-order valence-electron chi connectivity index (χ0n) is 8.18. The molecular weight excluding hydrogens is 234 g/mol. The molecule has 0 saturated carbocycles. The molecule has 0 saturated heterocycles. The molecule has 0 unspecified atom stereocenters. The lowest BCUT2D eigenvalue weighted by atomic mass is 10.3. The van der Waals surface area contributed by atoms with Gasteiger partial charge in [-0.15, -0.1) is 0 Å². The fraction of sp³-hybridized carbons (Fsp3) is 0.125. The van der Waals surface area contributed by atoms with Crippen molar-refractivity contribution in [2.24, 2.45) is 5.84 Å². The summed E-state index contributed by atoms with van der Waals surface area (Å²) in [6.45, 7) is 0.355. The first kappa shape index (κ1) is 12.2. The van der Waals surface area contributed by atoms with Gasteiger partial charge in [-0.25, -0.2) is 10.8 Å². The number of nitrogens with zero attached hydrogens (tertiary/aromatic N) is 2. The maximum absolute atomic E-state index is 10.2. The van der Waals surface area contributed by atoms with E-state index in [-0.39, 0.29) is 5.82 Å². The van der Waals surface area contributed by atoms with Crippen molar-refractivity contribution in [2.75, 3.05) is 0 Å². The molecule has 0 aromatic carbocycles. The van der Waals surface area contributed by atoms with Crippen LogP contribution < -0.4 is 16.6 Å². The summed E-state index contributed by atoms with van der Waals surface area (Å²) in [5.74, 6) is 5.20. The minimum atomic E-state index is -0.609. The van der Waals surface area contributed by atoms with Crippen LogP contribution in [0.1, 0.15) is 5.56 Å². The Hall–Kier alpha value is -1.86. The van der Waals surface area contributed by atoms with Crippen LogP contribution in [0.2, 0.25) is 5.15 Å². The number of rotatable bonds is 5. The highest BCUT2D eigenvalue weighted by atomic mass is 35.5. The van der Waals surface area contributed by atoms with E-state index in [0.29, 0.717) is 11.7 Å². The molecule has 7 nitrogen and oxygen atoms in total. The van der Waals surface area contributed by atoms with Crippen LogP contribution in [-0.2, 0) is 6.54 Å². The third kappa shape index (κ3) is 4.11. The summed E-state index contributed by atoms with van der Waals surface area (Å²) < 4.78 is 0. The van der Waals surface area contributed by atoms with Crippen LogP contribution in [0.4, 0.5) is 0 Å². The van der Waals surface area contributed by atoms with Gasteiger partial charge in [0.1, 0.15) is 5.15 Å². The number of hydrogen-bond acceptors (Lipinski definition) is 6. The lowest BCUT2D eigenvalue weighted by Crippen LogP contribution is -2.31. The molecule has 0 spiro atoms. The Morgan fingerprint density at radius 1 is 1.69 bits per heavy atom. The monoisotopic (exact) mass is 243 g/mol. The van der Waals surface area contributed by atoms with Gasteiger partial charge >= 0.3 is 0 Å². The van der Waals surface area contributed by atoms with Gasteiger partial charge in [0.15, 0.2) is 5.82 Å². The van der Waals surface area contributed by atoms with Crippen LogP contribution in [-0.4, -0.2) is 9.91 Å². The smallest absolute Gasteiger partial charge is 0.275 e. The van der Waals surface area contributed by atoms with E-state index in [1.54, 1.807) is 18.3 Å². The number of nitrogens with two attached hydrogens (primary N) is 1. The molecule has 0 aliphatic rings. The normalized spacial score (nSPS) is 11.0. The van der Waals surface area contributed by atoms with E-state index in [2.05, 4.69) is 15.7 Å². The molecule has 8 heteroatoms. The third-order valence-electron chi connectivity index (χ3n) is 1.66. The van der Waals surface area contributed by atoms with Crippen LogP contribution in [0, 0.1) is 10.1 Å². The molecule has 1 rings (SSSR count). The Kier molecular flexibility index (Phi) is 4.49. The Morgan fingerprint density at radius 2 is 2.44 bits per heavy atom. The maximum atomic E-state index is 10.2. The lowest BCUT2D eigenvalue weighted by Gasteiger charge is -2.07. The van der Waals surface area contributed by atoms with Crippen LogP contribution in [0.25, 0.3) is 0 Å². The van der Waals surface area contributed by atoms with Gasteiger partial charge in [-0.05, 0) is 11.6 Å². The highest BCUT2D eigenvalue weighted by Gasteiger charge is 2.00. The molecule has 0 amide bonds. The largest absolute Gasteiger partial charge is 0.362 e. The van der Waals surface area contributed by atoms with Gasteiger partial charge in [-0.2, -0.15) is 0 Å². The van der Waals surface area contributed by atoms with E-state index < -0.39 is 4.92 Å². The number of halogens is 1. The second-order valence-electron chi connectivity index (χ2n) is 2.82. The summed E-state index contributed by atoms with van der Waals surface area (Å²) in [5, 5.41) is 13.3. The number of nitrogens with one attached hydrogen (secondary N) is 2. The van der Waals surface area contributed by atoms with Crippen LogP contribution >= 0.6 is 11.6 Å². The Labute approximate surface area is 96.4 Å². The van der Waals surface area contributed by atoms with Gasteiger partial charge in [0.2, 0.25) is 0 Å². The molecule has 0 fully saturated rings. The summed E-state index contributed by atoms with van der Waals surface area (Å²) >= 11 is 5.61. The van der Waals surface area contributed by atoms with Crippen LogP contribution in [0.3, 0.4) is 0 Å². The van der Waals surface area contributed by atoms with E-state index in [1.165, 1.54) is 0 Å². The Morgan fingerprint density at radius 3 is 2.94 bits per heavy atom. The van der Waals surface area contributed by atoms with Gasteiger partial charge in [-0.3, -0.25) is 10.1 Å². The molecule has 0 aliphatic heterocycles. The predicted molar refractivity (Wildman–Crippen MR) is 58.5 cm³/mol. The molecule has 86 valence electrons. The summed E-state index contributed by atoms with van der Waals surface area (Å²) in [4.78, 5) is 13.4. The average molecular weight is 244 g/mol. The van der Waals surface area contributed by atoms with Crippen molar-refractivity contribution in [2.45, 2.75) is 6.54 Å². The lowest BCUT2D eigenvalue weighted by molar-refractivity contribution is -0.404. The number of hydrazine groups is 1. The molecule has 1 aromatic rings. The fourth-order valence-electron chi connectivity index (χ4n) is 0.948. The van der Waals surface area contributed by atoms with E-state index in [0.717, 1.165) is 11.8 Å². The SMILES string of the molecule is NNC(=C[N+](=O)[O-])NCc1ccc(Cl)nc1. The zero-order chi connectivity index (χ0) is 12.0. The minimum Gasteiger partial charge on any atom is -0.362 e. The molecular formula is C8H10ClN5O2. The Balaban J connectivity index is 2.56. The molecule has 16 heavy (non-hydrogen) atoms. The number of pyridine rings is 1. The van der Waals surface area contributed by atoms with Crippen LogP contribution in [0.15, 0.2) is 30.4 Å². The van der Waals surface area contributed by atoms with Crippen molar-refractivity contribution >= 4 is 11.6 Å². The van der Waals surface area contributed by atoms with Gasteiger partial charge in [0, 0.05) is 12.7 Å². The number of hydrogen-bond donors (Lipinski definition) is 3. The third-order valence-corrected chi connectivity index (χ3v) is 1.89. The van der Waals surface area contributed by atoms with E-state index >= 15 is 0 Å². The highest BCUT2D eigenvalue weighted by molar-refractivity contribution is 6.29. The summed E-state index contributed by atoms with van der Waals surface area (Å²) in [6.07, 6.45) is 2.30. The first-order valence-corrected chi connectivity index (χ1v) is 4.66.